The van der Waals surface area contributed by atoms with Gasteiger partial charge >= 0.3 is 0 Å². The third-order valence-electron chi connectivity index (χ3n) is 4.54. The van der Waals surface area contributed by atoms with E-state index in [1.807, 2.05) is 0 Å². The molecule has 1 aromatic carbocycles. The number of halogens is 1. The highest BCUT2D eigenvalue weighted by atomic mass is 79.9. The second-order valence-electron chi connectivity index (χ2n) is 5.80. The number of aryl methyl sites for hydroxylation is 1. The molecule has 3 rings (SSSR count). The fraction of sp³-hybridized carbons (Fsp3) is 0.562. The lowest BCUT2D eigenvalue weighted by Gasteiger charge is -2.32. The normalized spacial score (nSPS) is 26.9. The molecule has 1 fully saturated rings. The maximum Gasteiger partial charge on any atom is 0.133 e. The molecule has 0 bridgehead atoms. The van der Waals surface area contributed by atoms with Gasteiger partial charge in [-0.25, -0.2) is 0 Å². The van der Waals surface area contributed by atoms with Crippen molar-refractivity contribution >= 4 is 15.9 Å². The van der Waals surface area contributed by atoms with Crippen LogP contribution in [0.2, 0.25) is 0 Å². The van der Waals surface area contributed by atoms with E-state index < -0.39 is 5.54 Å². The molecule has 1 N–H and O–H groups in total. The van der Waals surface area contributed by atoms with E-state index in [0.29, 0.717) is 6.04 Å². The zero-order valence-electron chi connectivity index (χ0n) is 11.1. The van der Waals surface area contributed by atoms with E-state index in [0.717, 1.165) is 17.3 Å². The standard InChI is InChI=1S/C16H19BrN2/c17-13-6-7-15-12(10-13)8-9-16(15,11-18)19-14-4-2-1-3-5-14/h6-7,10,14,19H,1-5,8-9H2. The van der Waals surface area contributed by atoms with E-state index in [-0.39, 0.29) is 0 Å². The molecule has 1 saturated carbocycles. The summed E-state index contributed by atoms with van der Waals surface area (Å²) in [7, 11) is 0. The molecule has 0 aromatic heterocycles. The molecule has 1 unspecified atom stereocenters. The molecular weight excluding hydrogens is 300 g/mol. The molecule has 0 amide bonds. The minimum atomic E-state index is -0.446. The zero-order chi connectivity index (χ0) is 13.3. The third-order valence-corrected chi connectivity index (χ3v) is 5.04. The van der Waals surface area contributed by atoms with Crippen LogP contribution in [-0.2, 0) is 12.0 Å². The van der Waals surface area contributed by atoms with Crippen molar-refractivity contribution in [2.45, 2.75) is 56.5 Å². The van der Waals surface area contributed by atoms with Gasteiger partial charge in [0.15, 0.2) is 0 Å². The highest BCUT2D eigenvalue weighted by Gasteiger charge is 2.40. The number of rotatable bonds is 2. The molecular formula is C16H19BrN2. The van der Waals surface area contributed by atoms with Gasteiger partial charge in [-0.15, -0.1) is 0 Å². The van der Waals surface area contributed by atoms with Gasteiger partial charge in [0.1, 0.15) is 5.54 Å². The Hall–Kier alpha value is -0.850. The lowest BCUT2D eigenvalue weighted by Crippen LogP contribution is -2.46. The predicted molar refractivity (Wildman–Crippen MR) is 79.8 cm³/mol. The second-order valence-corrected chi connectivity index (χ2v) is 6.71. The van der Waals surface area contributed by atoms with Crippen LogP contribution in [0.5, 0.6) is 0 Å². The number of nitrogens with one attached hydrogen (secondary N) is 1. The molecule has 0 saturated heterocycles. The first-order valence-corrected chi connectivity index (χ1v) is 8.01. The van der Waals surface area contributed by atoms with Crippen molar-refractivity contribution in [3.63, 3.8) is 0 Å². The van der Waals surface area contributed by atoms with E-state index >= 15 is 0 Å². The lowest BCUT2D eigenvalue weighted by molar-refractivity contribution is 0.295. The van der Waals surface area contributed by atoms with Gasteiger partial charge in [-0.2, -0.15) is 5.26 Å². The van der Waals surface area contributed by atoms with Gasteiger partial charge in [0.25, 0.3) is 0 Å². The van der Waals surface area contributed by atoms with Crippen molar-refractivity contribution in [3.05, 3.63) is 33.8 Å². The van der Waals surface area contributed by atoms with E-state index in [9.17, 15) is 5.26 Å². The van der Waals surface area contributed by atoms with Crippen LogP contribution in [0.25, 0.3) is 0 Å². The Morgan fingerprint density at radius 1 is 1.26 bits per heavy atom. The highest BCUT2D eigenvalue weighted by molar-refractivity contribution is 9.10. The first kappa shape index (κ1) is 13.1. The van der Waals surface area contributed by atoms with Gasteiger partial charge in [-0.3, -0.25) is 5.32 Å². The van der Waals surface area contributed by atoms with Crippen LogP contribution >= 0.6 is 15.9 Å². The van der Waals surface area contributed by atoms with Crippen LogP contribution in [0.1, 0.15) is 49.7 Å². The maximum atomic E-state index is 9.74. The summed E-state index contributed by atoms with van der Waals surface area (Å²) in [6, 6.07) is 9.43. The molecule has 0 spiro atoms. The number of fused-ring (bicyclic) bond motifs is 1. The Balaban J connectivity index is 1.87. The Morgan fingerprint density at radius 3 is 2.79 bits per heavy atom. The molecule has 100 valence electrons. The van der Waals surface area contributed by atoms with Crippen molar-refractivity contribution in [2.24, 2.45) is 0 Å². The number of hydrogen-bond acceptors (Lipinski definition) is 2. The van der Waals surface area contributed by atoms with Crippen molar-refractivity contribution < 1.29 is 0 Å². The van der Waals surface area contributed by atoms with Crippen molar-refractivity contribution in [3.8, 4) is 6.07 Å². The fourth-order valence-corrected chi connectivity index (χ4v) is 3.94. The summed E-state index contributed by atoms with van der Waals surface area (Å²) in [5.41, 5.74) is 2.07. The third kappa shape index (κ3) is 2.44. The fourth-order valence-electron chi connectivity index (χ4n) is 3.54. The van der Waals surface area contributed by atoms with Crippen LogP contribution in [0.3, 0.4) is 0 Å². The summed E-state index contributed by atoms with van der Waals surface area (Å²) in [6.07, 6.45) is 8.29. The van der Waals surface area contributed by atoms with Crippen LogP contribution in [-0.4, -0.2) is 6.04 Å². The number of hydrogen-bond donors (Lipinski definition) is 1. The molecule has 3 heteroatoms. The van der Waals surface area contributed by atoms with Crippen molar-refractivity contribution in [1.82, 2.24) is 5.32 Å². The summed E-state index contributed by atoms with van der Waals surface area (Å²) in [4.78, 5) is 0. The average Bonchev–Trinajstić information content (AvgIpc) is 2.78. The van der Waals surface area contributed by atoms with Gasteiger partial charge < -0.3 is 0 Å². The van der Waals surface area contributed by atoms with Gasteiger partial charge in [-0.05, 0) is 48.9 Å². The monoisotopic (exact) mass is 318 g/mol. The van der Waals surface area contributed by atoms with Gasteiger partial charge in [0, 0.05) is 10.5 Å². The molecule has 0 aliphatic heterocycles. The molecule has 2 aliphatic carbocycles. The molecule has 0 heterocycles. The number of nitriles is 1. The largest absolute Gasteiger partial charge is 0.293 e. The molecule has 19 heavy (non-hydrogen) atoms. The quantitative estimate of drug-likeness (QED) is 0.893. The SMILES string of the molecule is N#CC1(NC2CCCCC2)CCc2cc(Br)ccc21. The molecule has 1 atom stereocenters. The lowest BCUT2D eigenvalue weighted by atomic mass is 9.88. The zero-order valence-corrected chi connectivity index (χ0v) is 12.7. The summed E-state index contributed by atoms with van der Waals surface area (Å²) >= 11 is 3.52. The summed E-state index contributed by atoms with van der Waals surface area (Å²) in [5, 5.41) is 13.4. The molecule has 1 aromatic rings. The molecule has 0 radical (unpaired) electrons. The van der Waals surface area contributed by atoms with Gasteiger partial charge in [0.2, 0.25) is 0 Å². The molecule has 2 aliphatic rings. The summed E-state index contributed by atoms with van der Waals surface area (Å²) in [5.74, 6) is 0. The summed E-state index contributed by atoms with van der Waals surface area (Å²) < 4.78 is 1.11. The molecule has 2 nitrogen and oxygen atoms in total. The smallest absolute Gasteiger partial charge is 0.133 e. The Kier molecular flexibility index (Phi) is 3.64. The van der Waals surface area contributed by atoms with E-state index in [4.69, 9.17) is 0 Å². The van der Waals surface area contributed by atoms with E-state index in [1.54, 1.807) is 0 Å². The predicted octanol–water partition coefficient (Wildman–Crippen LogP) is 4.04. The number of benzene rings is 1. The van der Waals surface area contributed by atoms with Gasteiger partial charge in [0.05, 0.1) is 6.07 Å². The minimum absolute atomic E-state index is 0.446. The van der Waals surface area contributed by atoms with Crippen molar-refractivity contribution in [1.29, 1.82) is 5.26 Å². The van der Waals surface area contributed by atoms with Gasteiger partial charge in [-0.1, -0.05) is 41.3 Å². The maximum absolute atomic E-state index is 9.74. The first-order chi connectivity index (χ1) is 9.23. The van der Waals surface area contributed by atoms with Crippen LogP contribution in [0.15, 0.2) is 22.7 Å². The van der Waals surface area contributed by atoms with Crippen LogP contribution < -0.4 is 5.32 Å². The van der Waals surface area contributed by atoms with E-state index in [2.05, 4.69) is 45.5 Å². The topological polar surface area (TPSA) is 35.8 Å². The Morgan fingerprint density at radius 2 is 2.05 bits per heavy atom. The summed E-state index contributed by atoms with van der Waals surface area (Å²) in [6.45, 7) is 0. The van der Waals surface area contributed by atoms with Crippen molar-refractivity contribution in [2.75, 3.05) is 0 Å². The second kappa shape index (κ2) is 5.26. The average molecular weight is 319 g/mol. The van der Waals surface area contributed by atoms with E-state index in [1.165, 1.54) is 43.2 Å². The first-order valence-electron chi connectivity index (χ1n) is 7.21. The van der Waals surface area contributed by atoms with Crippen LogP contribution in [0.4, 0.5) is 0 Å². The number of nitrogens with zero attached hydrogens (tertiary/aromatic N) is 1. The van der Waals surface area contributed by atoms with Crippen LogP contribution in [0, 0.1) is 11.3 Å². The Bertz CT molecular complexity index is 514. The highest BCUT2D eigenvalue weighted by Crippen LogP contribution is 2.39. The minimum Gasteiger partial charge on any atom is -0.293 e. The Labute approximate surface area is 123 Å².